The summed E-state index contributed by atoms with van der Waals surface area (Å²) in [7, 11) is 1.53. The Morgan fingerprint density at radius 1 is 1.19 bits per heavy atom. The number of nitrogens with one attached hydrogen (secondary N) is 2. The molecule has 1 aliphatic heterocycles. The molecule has 0 unspecified atom stereocenters. The first-order valence-electron chi connectivity index (χ1n) is 10.8. The lowest BCUT2D eigenvalue weighted by Crippen LogP contribution is -2.42. The minimum absolute atomic E-state index is 0.00818. The van der Waals surface area contributed by atoms with Crippen molar-refractivity contribution in [2.75, 3.05) is 25.5 Å². The fourth-order valence-electron chi connectivity index (χ4n) is 4.10. The molecule has 5 rings (SSSR count). The molecule has 0 radical (unpaired) electrons. The predicted molar refractivity (Wildman–Crippen MR) is 117 cm³/mol. The monoisotopic (exact) mass is 434 g/mol. The van der Waals surface area contributed by atoms with Crippen molar-refractivity contribution in [2.45, 2.75) is 25.7 Å². The minimum Gasteiger partial charge on any atom is -0.355 e. The third-order valence-corrected chi connectivity index (χ3v) is 6.28. The number of carbonyl (C=O) groups is 3. The number of aromatic nitrogens is 1. The summed E-state index contributed by atoms with van der Waals surface area (Å²) >= 11 is 0. The van der Waals surface area contributed by atoms with Crippen LogP contribution in [0.5, 0.6) is 0 Å². The third-order valence-electron chi connectivity index (χ3n) is 6.28. The van der Waals surface area contributed by atoms with Crippen molar-refractivity contribution in [2.24, 2.45) is 5.92 Å². The molecule has 2 aliphatic carbocycles. The normalized spacial score (nSPS) is 16.7. The van der Waals surface area contributed by atoms with E-state index in [1.54, 1.807) is 23.1 Å². The lowest BCUT2D eigenvalue weighted by Gasteiger charge is -2.31. The quantitative estimate of drug-likeness (QED) is 0.757. The Bertz CT molecular complexity index is 1180. The van der Waals surface area contributed by atoms with E-state index < -0.39 is 5.82 Å². The molecule has 1 saturated carbocycles. The largest absolute Gasteiger partial charge is 0.355 e. The van der Waals surface area contributed by atoms with Crippen LogP contribution in [0.4, 0.5) is 10.2 Å². The van der Waals surface area contributed by atoms with E-state index in [2.05, 4.69) is 15.6 Å². The van der Waals surface area contributed by atoms with Crippen LogP contribution in [-0.2, 0) is 11.2 Å². The van der Waals surface area contributed by atoms with Crippen LogP contribution >= 0.6 is 0 Å². The summed E-state index contributed by atoms with van der Waals surface area (Å²) in [4.78, 5) is 43.1. The molecule has 7 nitrogen and oxygen atoms in total. The van der Waals surface area contributed by atoms with Crippen LogP contribution in [0.2, 0.25) is 0 Å². The van der Waals surface area contributed by atoms with Crippen molar-refractivity contribution < 1.29 is 18.8 Å². The molecule has 2 fully saturated rings. The lowest BCUT2D eigenvalue weighted by atomic mass is 10.0. The molecule has 164 valence electrons. The lowest BCUT2D eigenvalue weighted by molar-refractivity contribution is -0.117. The van der Waals surface area contributed by atoms with Gasteiger partial charge in [0.05, 0.1) is 5.56 Å². The van der Waals surface area contributed by atoms with Crippen molar-refractivity contribution in [3.8, 4) is 0 Å². The Morgan fingerprint density at radius 2 is 1.97 bits per heavy atom. The summed E-state index contributed by atoms with van der Waals surface area (Å²) in [6, 6.07) is 4.51. The second-order valence-electron chi connectivity index (χ2n) is 8.44. The summed E-state index contributed by atoms with van der Waals surface area (Å²) < 4.78 is 15.0. The first-order chi connectivity index (χ1) is 15.5. The molecule has 8 heteroatoms. The molecule has 0 atom stereocenters. The van der Waals surface area contributed by atoms with Gasteiger partial charge in [-0.25, -0.2) is 9.37 Å². The van der Waals surface area contributed by atoms with Crippen molar-refractivity contribution >= 4 is 35.2 Å². The van der Waals surface area contributed by atoms with Crippen molar-refractivity contribution in [1.29, 1.82) is 0 Å². The highest BCUT2D eigenvalue weighted by atomic mass is 19.1. The number of fused-ring (bicyclic) bond motifs is 1. The number of rotatable bonds is 5. The van der Waals surface area contributed by atoms with E-state index in [-0.39, 0.29) is 23.6 Å². The van der Waals surface area contributed by atoms with Crippen LogP contribution in [-0.4, -0.2) is 47.7 Å². The van der Waals surface area contributed by atoms with Gasteiger partial charge in [-0.15, -0.1) is 0 Å². The number of nitrogens with zero attached hydrogens (tertiary/aromatic N) is 2. The molecule has 0 spiro atoms. The van der Waals surface area contributed by atoms with Gasteiger partial charge in [0.1, 0.15) is 11.6 Å². The number of hydrogen-bond donors (Lipinski definition) is 2. The maximum absolute atomic E-state index is 15.0. The van der Waals surface area contributed by atoms with Gasteiger partial charge in [-0.2, -0.15) is 0 Å². The van der Waals surface area contributed by atoms with Crippen molar-refractivity contribution in [1.82, 2.24) is 15.2 Å². The molecule has 2 heterocycles. The smallest absolute Gasteiger partial charge is 0.253 e. The summed E-state index contributed by atoms with van der Waals surface area (Å²) in [5.41, 5.74) is 3.04. The highest BCUT2D eigenvalue weighted by Gasteiger charge is 2.32. The number of pyridine rings is 1. The molecule has 1 aromatic heterocycles. The standard InChI is InChI=1S/C24H23FN4O3/c1-26-23(31)19-12-27-21(28-22(30)13-3-4-13)18-10-15(9-17(18)19)16-6-5-14(11-20(16)25)24(32)29-7-2-8-29/h5-6,9,11-13H,2-4,7-8,10H2,1H3,(H,26,31)(H,27,28,30). The predicted octanol–water partition coefficient (Wildman–Crippen LogP) is 2.87. The van der Waals surface area contributed by atoms with Gasteiger partial charge in [0.2, 0.25) is 5.91 Å². The highest BCUT2D eigenvalue weighted by molar-refractivity contribution is 6.04. The highest BCUT2D eigenvalue weighted by Crippen LogP contribution is 2.39. The van der Waals surface area contributed by atoms with Gasteiger partial charge >= 0.3 is 0 Å². The zero-order valence-electron chi connectivity index (χ0n) is 17.7. The number of benzene rings is 1. The van der Waals surface area contributed by atoms with Gasteiger partial charge in [0.25, 0.3) is 11.8 Å². The van der Waals surface area contributed by atoms with Gasteiger partial charge < -0.3 is 15.5 Å². The van der Waals surface area contributed by atoms with Crippen LogP contribution in [0.1, 0.15) is 56.7 Å². The number of likely N-dealkylation sites (tertiary alicyclic amines) is 1. The number of anilines is 1. The molecule has 32 heavy (non-hydrogen) atoms. The first kappa shape index (κ1) is 20.4. The summed E-state index contributed by atoms with van der Waals surface area (Å²) in [5, 5.41) is 5.46. The SMILES string of the molecule is CNC(=O)c1cnc(NC(=O)C2CC2)c2c1C=C(c1ccc(C(=O)N3CCC3)cc1F)C2. The molecule has 0 bridgehead atoms. The van der Waals surface area contributed by atoms with E-state index in [1.807, 2.05) is 0 Å². The molecular weight excluding hydrogens is 411 g/mol. The van der Waals surface area contributed by atoms with Gasteiger partial charge in [-0.1, -0.05) is 6.07 Å². The van der Waals surface area contributed by atoms with E-state index in [0.29, 0.717) is 58.7 Å². The second-order valence-corrected chi connectivity index (χ2v) is 8.44. The number of hydrogen-bond acceptors (Lipinski definition) is 4. The average molecular weight is 434 g/mol. The average Bonchev–Trinajstić information content (AvgIpc) is 3.51. The number of halogens is 1. The van der Waals surface area contributed by atoms with Crippen LogP contribution in [0.25, 0.3) is 11.6 Å². The molecule has 1 saturated heterocycles. The van der Waals surface area contributed by atoms with Gasteiger partial charge in [0.15, 0.2) is 0 Å². The van der Waals surface area contributed by atoms with E-state index in [4.69, 9.17) is 0 Å². The fourth-order valence-corrected chi connectivity index (χ4v) is 4.10. The summed E-state index contributed by atoms with van der Waals surface area (Å²) in [6.45, 7) is 1.40. The maximum atomic E-state index is 15.0. The van der Waals surface area contributed by atoms with Crippen molar-refractivity contribution in [3.05, 3.63) is 58.0 Å². The summed E-state index contributed by atoms with van der Waals surface area (Å²) in [5.74, 6) is -0.632. The zero-order chi connectivity index (χ0) is 22.4. The number of amides is 3. The Balaban J connectivity index is 1.48. The van der Waals surface area contributed by atoms with Gasteiger partial charge in [-0.05, 0) is 48.6 Å². The van der Waals surface area contributed by atoms with E-state index in [9.17, 15) is 14.4 Å². The molecule has 1 aromatic carbocycles. The van der Waals surface area contributed by atoms with Crippen LogP contribution in [0.3, 0.4) is 0 Å². The van der Waals surface area contributed by atoms with Crippen LogP contribution < -0.4 is 10.6 Å². The zero-order valence-corrected chi connectivity index (χ0v) is 17.7. The molecule has 2 N–H and O–H groups in total. The Morgan fingerprint density at radius 3 is 2.59 bits per heavy atom. The Kier molecular flexibility index (Phi) is 5.00. The second kappa shape index (κ2) is 7.85. The van der Waals surface area contributed by atoms with Crippen LogP contribution in [0.15, 0.2) is 24.4 Å². The summed E-state index contributed by atoms with van der Waals surface area (Å²) in [6.07, 6.45) is 6.22. The van der Waals surface area contributed by atoms with Gasteiger partial charge in [0, 0.05) is 55.4 Å². The molecule has 2 aromatic rings. The van der Waals surface area contributed by atoms with Crippen molar-refractivity contribution in [3.63, 3.8) is 0 Å². The molecule has 3 amide bonds. The minimum atomic E-state index is -0.492. The fraction of sp³-hybridized carbons (Fsp3) is 0.333. The van der Waals surface area contributed by atoms with Gasteiger partial charge in [-0.3, -0.25) is 14.4 Å². The molecule has 3 aliphatic rings. The number of carbonyl (C=O) groups excluding carboxylic acids is 3. The first-order valence-corrected chi connectivity index (χ1v) is 10.8. The van der Waals surface area contributed by atoms with E-state index >= 15 is 4.39 Å². The topological polar surface area (TPSA) is 91.4 Å². The van der Waals surface area contributed by atoms with E-state index in [0.717, 1.165) is 19.3 Å². The van der Waals surface area contributed by atoms with E-state index in [1.165, 1.54) is 19.3 Å². The Hall–Kier alpha value is -3.55. The number of allylic oxidation sites excluding steroid dienone is 1. The molecular formula is C24H23FN4O3. The maximum Gasteiger partial charge on any atom is 0.253 e. The van der Waals surface area contributed by atoms with Crippen LogP contribution in [0, 0.1) is 11.7 Å². The third kappa shape index (κ3) is 3.55. The Labute approximate surface area is 184 Å².